The Balaban J connectivity index is 1.43. The summed E-state index contributed by atoms with van der Waals surface area (Å²) in [4.78, 5) is 24.3. The van der Waals surface area contributed by atoms with E-state index in [-0.39, 0.29) is 5.91 Å². The van der Waals surface area contributed by atoms with Crippen molar-refractivity contribution in [1.29, 1.82) is 0 Å². The van der Waals surface area contributed by atoms with Gasteiger partial charge < -0.3 is 19.7 Å². The fourth-order valence-electron chi connectivity index (χ4n) is 3.52. The van der Waals surface area contributed by atoms with Gasteiger partial charge in [0.15, 0.2) is 16.4 Å². The summed E-state index contributed by atoms with van der Waals surface area (Å²) in [7, 11) is 0. The number of carbonyl (C=O) groups excluding carboxylic acids is 1. The Morgan fingerprint density at radius 2 is 1.97 bits per heavy atom. The molecule has 2 aromatic heterocycles. The molecule has 1 aliphatic heterocycles. The normalized spacial score (nSPS) is 14.5. The minimum atomic E-state index is -1.04. The Bertz CT molecular complexity index is 1120. The number of carbonyl (C=O) groups is 1. The topological polar surface area (TPSA) is 94.4 Å². The number of nitrogens with zero attached hydrogens (tertiary/aromatic N) is 5. The smallest absolute Gasteiger partial charge is 0.263 e. The fraction of sp³-hybridized carbons (Fsp3) is 0.455. The number of anilines is 1. The average Bonchev–Trinajstić information content (AvgIpc) is 3.23. The molecule has 0 aliphatic carbocycles. The summed E-state index contributed by atoms with van der Waals surface area (Å²) in [6, 6.07) is 6.93. The average molecular weight is 491 g/mol. The van der Waals surface area contributed by atoms with Crippen LogP contribution >= 0.6 is 23.4 Å². The van der Waals surface area contributed by atoms with Crippen LogP contribution in [-0.2, 0) is 16.1 Å². The first-order valence-corrected chi connectivity index (χ1v) is 12.3. The number of amides is 1. The third-order valence-corrected chi connectivity index (χ3v) is 6.09. The summed E-state index contributed by atoms with van der Waals surface area (Å²) in [6.45, 7) is 7.23. The first-order chi connectivity index (χ1) is 15.9. The molecule has 176 valence electrons. The molecule has 1 N–H and O–H groups in total. The number of morpholine rings is 1. The zero-order chi connectivity index (χ0) is 23.4. The van der Waals surface area contributed by atoms with Crippen LogP contribution in [0.1, 0.15) is 13.8 Å². The van der Waals surface area contributed by atoms with E-state index in [0.717, 1.165) is 29.9 Å². The molecular weight excluding hydrogens is 464 g/mol. The number of halogens is 1. The second kappa shape index (κ2) is 10.1. The molecule has 0 atom stereocenters. The summed E-state index contributed by atoms with van der Waals surface area (Å²) in [5.74, 6) is 1.23. The van der Waals surface area contributed by atoms with E-state index in [1.807, 2.05) is 6.26 Å². The molecule has 1 aromatic carbocycles. The lowest BCUT2D eigenvalue weighted by atomic mass is 10.1. The van der Waals surface area contributed by atoms with Crippen molar-refractivity contribution in [2.24, 2.45) is 0 Å². The van der Waals surface area contributed by atoms with E-state index < -0.39 is 5.60 Å². The first kappa shape index (κ1) is 23.6. The molecule has 33 heavy (non-hydrogen) atoms. The summed E-state index contributed by atoms with van der Waals surface area (Å²) in [5, 5.41) is 9.65. The van der Waals surface area contributed by atoms with Gasteiger partial charge >= 0.3 is 0 Å². The number of aromatic nitrogens is 4. The second-order valence-electron chi connectivity index (χ2n) is 8.06. The van der Waals surface area contributed by atoms with Gasteiger partial charge in [-0.1, -0.05) is 23.4 Å². The highest BCUT2D eigenvalue weighted by molar-refractivity contribution is 7.98. The van der Waals surface area contributed by atoms with E-state index in [4.69, 9.17) is 26.1 Å². The highest BCUT2D eigenvalue weighted by Crippen LogP contribution is 2.27. The summed E-state index contributed by atoms with van der Waals surface area (Å²) < 4.78 is 13.1. The van der Waals surface area contributed by atoms with Crippen LogP contribution in [0.25, 0.3) is 11.0 Å². The Kier molecular flexibility index (Phi) is 7.26. The number of benzene rings is 1. The van der Waals surface area contributed by atoms with Crippen LogP contribution in [0.4, 0.5) is 5.82 Å². The van der Waals surface area contributed by atoms with Crippen molar-refractivity contribution in [3.63, 3.8) is 0 Å². The van der Waals surface area contributed by atoms with Crippen molar-refractivity contribution in [2.45, 2.75) is 31.1 Å². The molecule has 11 heteroatoms. The van der Waals surface area contributed by atoms with E-state index in [1.54, 1.807) is 49.0 Å². The molecule has 0 unspecified atom stereocenters. The minimum Gasteiger partial charge on any atom is -0.478 e. The number of hydrogen-bond donors (Lipinski definition) is 1. The quantitative estimate of drug-likeness (QED) is 0.380. The Hall–Kier alpha value is -2.56. The zero-order valence-electron chi connectivity index (χ0n) is 18.9. The zero-order valence-corrected chi connectivity index (χ0v) is 20.4. The maximum absolute atomic E-state index is 12.7. The van der Waals surface area contributed by atoms with Crippen LogP contribution in [0.15, 0.2) is 35.6 Å². The van der Waals surface area contributed by atoms with Crippen LogP contribution in [-0.4, -0.2) is 70.4 Å². The maximum Gasteiger partial charge on any atom is 0.263 e. The third kappa shape index (κ3) is 5.51. The van der Waals surface area contributed by atoms with Gasteiger partial charge in [0.2, 0.25) is 0 Å². The molecule has 1 saturated heterocycles. The van der Waals surface area contributed by atoms with E-state index >= 15 is 0 Å². The third-order valence-electron chi connectivity index (χ3n) is 5.29. The van der Waals surface area contributed by atoms with Crippen LogP contribution in [0, 0.1) is 0 Å². The van der Waals surface area contributed by atoms with Crippen LogP contribution < -0.4 is 15.0 Å². The fourth-order valence-corrected chi connectivity index (χ4v) is 4.01. The van der Waals surface area contributed by atoms with Crippen molar-refractivity contribution < 1.29 is 14.3 Å². The van der Waals surface area contributed by atoms with Gasteiger partial charge in [0, 0.05) is 24.7 Å². The molecule has 4 rings (SSSR count). The van der Waals surface area contributed by atoms with E-state index in [2.05, 4.69) is 20.3 Å². The highest BCUT2D eigenvalue weighted by Gasteiger charge is 2.29. The maximum atomic E-state index is 12.7. The molecule has 3 heterocycles. The summed E-state index contributed by atoms with van der Waals surface area (Å²) >= 11 is 7.41. The van der Waals surface area contributed by atoms with Gasteiger partial charge in [-0.15, -0.1) is 0 Å². The Labute approximate surface area is 201 Å². The first-order valence-electron chi connectivity index (χ1n) is 10.7. The van der Waals surface area contributed by atoms with Gasteiger partial charge in [-0.2, -0.15) is 5.10 Å². The van der Waals surface area contributed by atoms with E-state index in [0.29, 0.717) is 42.2 Å². The molecule has 1 aliphatic rings. The van der Waals surface area contributed by atoms with Gasteiger partial charge in [-0.25, -0.2) is 14.6 Å². The highest BCUT2D eigenvalue weighted by atomic mass is 35.5. The molecule has 0 radical (unpaired) electrons. The van der Waals surface area contributed by atoms with Gasteiger partial charge in [-0.3, -0.25) is 4.79 Å². The molecule has 0 saturated carbocycles. The Morgan fingerprint density at radius 3 is 2.67 bits per heavy atom. The summed E-state index contributed by atoms with van der Waals surface area (Å²) in [5.41, 5.74) is -0.292. The lowest BCUT2D eigenvalue weighted by Gasteiger charge is -2.28. The molecule has 0 spiro atoms. The molecule has 3 aromatic rings. The molecule has 9 nitrogen and oxygen atoms in total. The van der Waals surface area contributed by atoms with Gasteiger partial charge in [0.05, 0.1) is 31.3 Å². The largest absolute Gasteiger partial charge is 0.478 e. The number of hydrogen-bond acceptors (Lipinski definition) is 8. The monoisotopic (exact) mass is 490 g/mol. The van der Waals surface area contributed by atoms with Crippen molar-refractivity contribution in [2.75, 3.05) is 44.0 Å². The number of ether oxygens (including phenoxy) is 2. The van der Waals surface area contributed by atoms with Gasteiger partial charge in [-0.05, 0) is 44.4 Å². The van der Waals surface area contributed by atoms with Crippen molar-refractivity contribution in [1.82, 2.24) is 25.1 Å². The molecule has 0 bridgehead atoms. The van der Waals surface area contributed by atoms with Crippen molar-refractivity contribution >= 4 is 46.1 Å². The number of rotatable bonds is 8. The molecule has 1 fully saturated rings. The predicted molar refractivity (Wildman–Crippen MR) is 129 cm³/mol. The van der Waals surface area contributed by atoms with E-state index in [9.17, 15) is 4.79 Å². The SMILES string of the molecule is CSc1nc(N2CCOCC2)c2cnn(CCNC(=O)C(C)(C)Oc3ccc(Cl)cc3)c2n1. The number of fused-ring (bicyclic) bond motifs is 1. The van der Waals surface area contributed by atoms with Crippen LogP contribution in [0.2, 0.25) is 5.02 Å². The summed E-state index contributed by atoms with van der Waals surface area (Å²) in [6.07, 6.45) is 3.74. The Morgan fingerprint density at radius 1 is 1.24 bits per heavy atom. The standard InChI is InChI=1S/C22H27ClN6O3S/c1-22(2,32-16-6-4-15(23)5-7-16)20(30)24-8-9-29-19-17(14-25-29)18(26-21(27-19)33-3)28-10-12-31-13-11-28/h4-7,14H,8-13H2,1-3H3,(H,24,30). The number of nitrogens with one attached hydrogen (secondary N) is 1. The van der Waals surface area contributed by atoms with Crippen molar-refractivity contribution in [3.05, 3.63) is 35.5 Å². The lowest BCUT2D eigenvalue weighted by molar-refractivity contribution is -0.134. The molecular formula is C22H27ClN6O3S. The van der Waals surface area contributed by atoms with Gasteiger partial charge in [0.25, 0.3) is 5.91 Å². The molecule has 1 amide bonds. The van der Waals surface area contributed by atoms with Crippen LogP contribution in [0.5, 0.6) is 5.75 Å². The lowest BCUT2D eigenvalue weighted by Crippen LogP contribution is -2.47. The second-order valence-corrected chi connectivity index (χ2v) is 9.27. The predicted octanol–water partition coefficient (Wildman–Crippen LogP) is 3.01. The van der Waals surface area contributed by atoms with E-state index in [1.165, 1.54) is 11.8 Å². The van der Waals surface area contributed by atoms with Gasteiger partial charge in [0.1, 0.15) is 11.6 Å². The minimum absolute atomic E-state index is 0.220. The van der Waals surface area contributed by atoms with Crippen molar-refractivity contribution in [3.8, 4) is 5.75 Å². The van der Waals surface area contributed by atoms with Crippen LogP contribution in [0.3, 0.4) is 0 Å². The number of thioether (sulfide) groups is 1.